The second-order valence-corrected chi connectivity index (χ2v) is 8.58. The van der Waals surface area contributed by atoms with Gasteiger partial charge in [0.05, 0.1) is 19.4 Å². The topological polar surface area (TPSA) is 86.1 Å². The number of nitrogens with zero attached hydrogens (tertiary/aromatic N) is 3. The first kappa shape index (κ1) is 22.1. The van der Waals surface area contributed by atoms with Crippen molar-refractivity contribution in [1.29, 1.82) is 0 Å². The Hall–Kier alpha value is -3.13. The third kappa shape index (κ3) is 5.19. The molecule has 0 fully saturated rings. The Morgan fingerprint density at radius 3 is 2.81 bits per heavy atom. The predicted octanol–water partition coefficient (Wildman–Crippen LogP) is 2.63. The Bertz CT molecular complexity index is 1150. The number of fused-ring (bicyclic) bond motifs is 1. The first-order valence-electron chi connectivity index (χ1n) is 10.7. The van der Waals surface area contributed by atoms with E-state index in [1.165, 1.54) is 11.8 Å². The molecule has 7 nitrogen and oxygen atoms in total. The highest BCUT2D eigenvalue weighted by Gasteiger charge is 2.22. The largest absolute Gasteiger partial charge is 0.496 e. The highest BCUT2D eigenvalue weighted by Crippen LogP contribution is 2.29. The van der Waals surface area contributed by atoms with Gasteiger partial charge < -0.3 is 10.1 Å². The molecule has 0 spiro atoms. The van der Waals surface area contributed by atoms with Gasteiger partial charge in [-0.25, -0.2) is 4.79 Å². The van der Waals surface area contributed by atoms with Gasteiger partial charge in [0.2, 0.25) is 5.91 Å². The van der Waals surface area contributed by atoms with Crippen molar-refractivity contribution in [3.63, 3.8) is 0 Å². The third-order valence-corrected chi connectivity index (χ3v) is 6.56. The number of ether oxygens (including phenoxy) is 1. The molecule has 2 heterocycles. The van der Waals surface area contributed by atoms with Crippen LogP contribution in [0.15, 0.2) is 58.6 Å². The van der Waals surface area contributed by atoms with Crippen LogP contribution in [-0.4, -0.2) is 39.8 Å². The van der Waals surface area contributed by atoms with Crippen LogP contribution in [0.4, 0.5) is 0 Å². The molecule has 0 aliphatic heterocycles. The third-order valence-electron chi connectivity index (χ3n) is 5.54. The van der Waals surface area contributed by atoms with E-state index in [1.54, 1.807) is 24.1 Å². The van der Waals surface area contributed by atoms with Crippen molar-refractivity contribution < 1.29 is 9.53 Å². The van der Waals surface area contributed by atoms with E-state index < -0.39 is 0 Å². The molecule has 1 aromatic carbocycles. The van der Waals surface area contributed by atoms with Crippen LogP contribution in [0.2, 0.25) is 0 Å². The number of thioether (sulfide) groups is 1. The Kier molecular flexibility index (Phi) is 7.21. The molecular formula is C24H26N4O3S. The molecule has 4 rings (SSSR count). The highest BCUT2D eigenvalue weighted by molar-refractivity contribution is 7.99. The molecule has 0 atom stereocenters. The van der Waals surface area contributed by atoms with Gasteiger partial charge in [0, 0.05) is 30.2 Å². The number of pyridine rings is 1. The molecule has 1 amide bonds. The van der Waals surface area contributed by atoms with Gasteiger partial charge in [-0.05, 0) is 55.0 Å². The number of aromatic nitrogens is 3. The summed E-state index contributed by atoms with van der Waals surface area (Å²) in [6.45, 7) is 1.02. The summed E-state index contributed by atoms with van der Waals surface area (Å²) >= 11 is 1.35. The smallest absolute Gasteiger partial charge is 0.349 e. The predicted molar refractivity (Wildman–Crippen MR) is 124 cm³/mol. The Morgan fingerprint density at radius 1 is 1.19 bits per heavy atom. The summed E-state index contributed by atoms with van der Waals surface area (Å²) in [5, 5.41) is 3.64. The zero-order valence-corrected chi connectivity index (χ0v) is 18.9. The van der Waals surface area contributed by atoms with Gasteiger partial charge in [-0.1, -0.05) is 30.0 Å². The fourth-order valence-corrected chi connectivity index (χ4v) is 4.88. The number of benzene rings is 1. The SMILES string of the molecule is COc1ccccc1CCNC(=O)CSc1nc(=O)n(Cc2ccncc2)c2c1CCC2. The molecule has 1 aliphatic rings. The fraction of sp³-hybridized carbons (Fsp3) is 0.333. The fourth-order valence-electron chi connectivity index (χ4n) is 3.97. The normalized spacial score (nSPS) is 12.4. The molecule has 166 valence electrons. The number of rotatable bonds is 9. The second-order valence-electron chi connectivity index (χ2n) is 7.62. The molecule has 2 aromatic heterocycles. The molecule has 0 saturated carbocycles. The first-order valence-corrected chi connectivity index (χ1v) is 11.7. The maximum atomic E-state index is 12.7. The van der Waals surface area contributed by atoms with Crippen molar-refractivity contribution in [3.8, 4) is 5.75 Å². The van der Waals surface area contributed by atoms with Crippen LogP contribution in [0, 0.1) is 0 Å². The summed E-state index contributed by atoms with van der Waals surface area (Å²) in [7, 11) is 1.64. The van der Waals surface area contributed by atoms with E-state index in [1.807, 2.05) is 36.4 Å². The monoisotopic (exact) mass is 450 g/mol. The number of carbonyl (C=O) groups excluding carboxylic acids is 1. The number of para-hydroxylation sites is 1. The van der Waals surface area contributed by atoms with Crippen molar-refractivity contribution in [3.05, 3.63) is 81.7 Å². The average molecular weight is 451 g/mol. The molecule has 0 unspecified atom stereocenters. The molecule has 0 radical (unpaired) electrons. The van der Waals surface area contributed by atoms with Gasteiger partial charge >= 0.3 is 5.69 Å². The summed E-state index contributed by atoms with van der Waals surface area (Å²) in [4.78, 5) is 33.5. The number of hydrogen-bond donors (Lipinski definition) is 1. The van der Waals surface area contributed by atoms with Crippen molar-refractivity contribution in [2.45, 2.75) is 37.3 Å². The van der Waals surface area contributed by atoms with E-state index in [2.05, 4.69) is 15.3 Å². The van der Waals surface area contributed by atoms with E-state index >= 15 is 0 Å². The van der Waals surface area contributed by atoms with Gasteiger partial charge in [0.1, 0.15) is 10.8 Å². The molecule has 0 saturated heterocycles. The van der Waals surface area contributed by atoms with Crippen LogP contribution in [-0.2, 0) is 30.6 Å². The van der Waals surface area contributed by atoms with E-state index in [0.717, 1.165) is 47.4 Å². The maximum absolute atomic E-state index is 12.7. The molecular weight excluding hydrogens is 424 g/mol. The Balaban J connectivity index is 1.37. The summed E-state index contributed by atoms with van der Waals surface area (Å²) in [6, 6.07) is 11.6. The van der Waals surface area contributed by atoms with Crippen molar-refractivity contribution in [2.24, 2.45) is 0 Å². The van der Waals surface area contributed by atoms with Crippen LogP contribution < -0.4 is 15.7 Å². The van der Waals surface area contributed by atoms with Crippen LogP contribution in [0.1, 0.15) is 28.8 Å². The first-order chi connectivity index (χ1) is 15.7. The van der Waals surface area contributed by atoms with Gasteiger partial charge in [-0.3, -0.25) is 14.3 Å². The Morgan fingerprint density at radius 2 is 2.00 bits per heavy atom. The van der Waals surface area contributed by atoms with Crippen molar-refractivity contribution in [2.75, 3.05) is 19.4 Å². The van der Waals surface area contributed by atoms with Crippen LogP contribution in [0.3, 0.4) is 0 Å². The van der Waals surface area contributed by atoms with Gasteiger partial charge in [0.25, 0.3) is 0 Å². The minimum absolute atomic E-state index is 0.0700. The molecule has 8 heteroatoms. The number of amides is 1. The highest BCUT2D eigenvalue weighted by atomic mass is 32.2. The minimum atomic E-state index is -0.262. The second kappa shape index (κ2) is 10.5. The van der Waals surface area contributed by atoms with Crippen molar-refractivity contribution in [1.82, 2.24) is 19.9 Å². The zero-order chi connectivity index (χ0) is 22.3. The number of carbonyl (C=O) groups is 1. The van der Waals surface area contributed by atoms with Gasteiger partial charge in [-0.15, -0.1) is 0 Å². The summed E-state index contributed by atoms with van der Waals surface area (Å²) in [5.41, 5.74) is 3.96. The lowest BCUT2D eigenvalue weighted by Crippen LogP contribution is -2.29. The van der Waals surface area contributed by atoms with Gasteiger partial charge in [0.15, 0.2) is 0 Å². The standard InChI is InChI=1S/C24H26N4O3S/c1-31-21-8-3-2-5-18(21)11-14-26-22(29)16-32-23-19-6-4-7-20(19)28(24(30)27-23)15-17-9-12-25-13-10-17/h2-3,5,8-10,12-13H,4,6-7,11,14-16H2,1H3,(H,26,29). The average Bonchev–Trinajstić information content (AvgIpc) is 3.31. The van der Waals surface area contributed by atoms with E-state index in [-0.39, 0.29) is 17.3 Å². The molecule has 0 bridgehead atoms. The molecule has 32 heavy (non-hydrogen) atoms. The Labute approximate surface area is 191 Å². The lowest BCUT2D eigenvalue weighted by atomic mass is 10.1. The summed E-state index contributed by atoms with van der Waals surface area (Å²) in [6.07, 6.45) is 6.89. The minimum Gasteiger partial charge on any atom is -0.496 e. The molecule has 1 aliphatic carbocycles. The lowest BCUT2D eigenvalue weighted by Gasteiger charge is -2.14. The van der Waals surface area contributed by atoms with E-state index in [4.69, 9.17) is 4.74 Å². The maximum Gasteiger partial charge on any atom is 0.349 e. The van der Waals surface area contributed by atoms with Crippen LogP contribution in [0.25, 0.3) is 0 Å². The number of hydrogen-bond acceptors (Lipinski definition) is 6. The van der Waals surface area contributed by atoms with E-state index in [0.29, 0.717) is 24.5 Å². The summed E-state index contributed by atoms with van der Waals surface area (Å²) in [5.74, 6) is 0.988. The van der Waals surface area contributed by atoms with Crippen LogP contribution in [0.5, 0.6) is 5.75 Å². The van der Waals surface area contributed by atoms with Crippen molar-refractivity contribution >= 4 is 17.7 Å². The number of methoxy groups -OCH3 is 1. The van der Waals surface area contributed by atoms with Crippen LogP contribution >= 0.6 is 11.8 Å². The molecule has 1 N–H and O–H groups in total. The quantitative estimate of drug-likeness (QED) is 0.398. The zero-order valence-electron chi connectivity index (χ0n) is 18.0. The summed E-state index contributed by atoms with van der Waals surface area (Å²) < 4.78 is 7.11. The lowest BCUT2D eigenvalue weighted by molar-refractivity contribution is -0.118. The number of nitrogens with one attached hydrogen (secondary N) is 1. The van der Waals surface area contributed by atoms with Gasteiger partial charge in [-0.2, -0.15) is 4.98 Å². The van der Waals surface area contributed by atoms with E-state index in [9.17, 15) is 9.59 Å². The molecule has 3 aromatic rings.